The standard InChI is InChI=1S/C10H15N3O4/c1-17-7-8(14)4-6-12-10-9(13(15)16)3-2-5-11-10/h2-3,5,8,14H,4,6-7H2,1H3,(H,11,12). The van der Waals surface area contributed by atoms with Crippen molar-refractivity contribution in [2.24, 2.45) is 0 Å². The second-order valence-corrected chi connectivity index (χ2v) is 3.45. The minimum Gasteiger partial charge on any atom is -0.391 e. The highest BCUT2D eigenvalue weighted by molar-refractivity contribution is 5.54. The third kappa shape index (κ3) is 4.33. The van der Waals surface area contributed by atoms with Gasteiger partial charge in [0, 0.05) is 25.9 Å². The lowest BCUT2D eigenvalue weighted by molar-refractivity contribution is -0.384. The number of anilines is 1. The highest BCUT2D eigenvalue weighted by Crippen LogP contribution is 2.19. The molecular weight excluding hydrogens is 226 g/mol. The molecule has 0 amide bonds. The topological polar surface area (TPSA) is 97.5 Å². The van der Waals surface area contributed by atoms with Crippen LogP contribution in [-0.4, -0.2) is 41.4 Å². The number of nitro groups is 1. The summed E-state index contributed by atoms with van der Waals surface area (Å²) in [7, 11) is 1.50. The van der Waals surface area contributed by atoms with Gasteiger partial charge in [-0.05, 0) is 12.5 Å². The molecule has 0 saturated heterocycles. The molecule has 0 aliphatic rings. The third-order valence-corrected chi connectivity index (χ3v) is 2.11. The molecule has 0 bridgehead atoms. The molecule has 0 aromatic carbocycles. The van der Waals surface area contributed by atoms with Crippen LogP contribution in [-0.2, 0) is 4.74 Å². The third-order valence-electron chi connectivity index (χ3n) is 2.11. The number of aliphatic hydroxyl groups is 1. The number of hydrogen-bond donors (Lipinski definition) is 2. The monoisotopic (exact) mass is 241 g/mol. The van der Waals surface area contributed by atoms with E-state index in [1.807, 2.05) is 0 Å². The molecule has 0 radical (unpaired) electrons. The Kier molecular flexibility index (Phi) is 5.31. The Balaban J connectivity index is 2.49. The van der Waals surface area contributed by atoms with Crippen molar-refractivity contribution in [1.29, 1.82) is 0 Å². The summed E-state index contributed by atoms with van der Waals surface area (Å²) < 4.78 is 4.77. The maximum absolute atomic E-state index is 10.7. The predicted octanol–water partition coefficient (Wildman–Crippen LogP) is 0.799. The molecule has 7 nitrogen and oxygen atoms in total. The van der Waals surface area contributed by atoms with E-state index in [1.54, 1.807) is 0 Å². The van der Waals surface area contributed by atoms with E-state index in [4.69, 9.17) is 4.74 Å². The molecule has 1 aromatic rings. The lowest BCUT2D eigenvalue weighted by Crippen LogP contribution is -2.18. The van der Waals surface area contributed by atoms with Crippen LogP contribution in [0.4, 0.5) is 11.5 Å². The first-order valence-electron chi connectivity index (χ1n) is 5.15. The molecule has 1 heterocycles. The van der Waals surface area contributed by atoms with Gasteiger partial charge in [-0.25, -0.2) is 4.98 Å². The summed E-state index contributed by atoms with van der Waals surface area (Å²) in [5.74, 6) is 0.210. The maximum Gasteiger partial charge on any atom is 0.311 e. The average molecular weight is 241 g/mol. The number of aliphatic hydroxyl groups excluding tert-OH is 1. The first-order valence-corrected chi connectivity index (χ1v) is 5.15. The first kappa shape index (κ1) is 13.3. The van der Waals surface area contributed by atoms with Gasteiger partial charge in [0.05, 0.1) is 17.6 Å². The van der Waals surface area contributed by atoms with Crippen LogP contribution < -0.4 is 5.32 Å². The number of methoxy groups -OCH3 is 1. The van der Waals surface area contributed by atoms with Crippen LogP contribution in [0.25, 0.3) is 0 Å². The van der Waals surface area contributed by atoms with Crippen molar-refractivity contribution >= 4 is 11.5 Å². The van der Waals surface area contributed by atoms with Crippen LogP contribution >= 0.6 is 0 Å². The molecule has 1 unspecified atom stereocenters. The maximum atomic E-state index is 10.7. The van der Waals surface area contributed by atoms with E-state index in [2.05, 4.69) is 10.3 Å². The second-order valence-electron chi connectivity index (χ2n) is 3.45. The van der Waals surface area contributed by atoms with Crippen molar-refractivity contribution in [3.8, 4) is 0 Å². The predicted molar refractivity (Wildman–Crippen MR) is 61.9 cm³/mol. The molecule has 0 fully saturated rings. The number of aromatic nitrogens is 1. The largest absolute Gasteiger partial charge is 0.391 e. The van der Waals surface area contributed by atoms with Gasteiger partial charge in [0.15, 0.2) is 0 Å². The van der Waals surface area contributed by atoms with Crippen molar-refractivity contribution in [1.82, 2.24) is 4.98 Å². The number of rotatable bonds is 7. The number of hydrogen-bond acceptors (Lipinski definition) is 6. The zero-order valence-electron chi connectivity index (χ0n) is 9.50. The lowest BCUT2D eigenvalue weighted by Gasteiger charge is -2.10. The number of nitrogens with one attached hydrogen (secondary N) is 1. The molecular formula is C10H15N3O4. The van der Waals surface area contributed by atoms with Crippen molar-refractivity contribution in [3.05, 3.63) is 28.4 Å². The average Bonchev–Trinajstić information content (AvgIpc) is 2.30. The van der Waals surface area contributed by atoms with E-state index in [0.717, 1.165) is 0 Å². The van der Waals surface area contributed by atoms with Gasteiger partial charge in [0.1, 0.15) is 0 Å². The number of ether oxygens (including phenoxy) is 1. The molecule has 1 aromatic heterocycles. The molecule has 0 aliphatic carbocycles. The van der Waals surface area contributed by atoms with E-state index in [-0.39, 0.29) is 18.1 Å². The quantitative estimate of drug-likeness (QED) is 0.541. The van der Waals surface area contributed by atoms with E-state index >= 15 is 0 Å². The lowest BCUT2D eigenvalue weighted by atomic mass is 10.2. The van der Waals surface area contributed by atoms with Crippen LogP contribution in [0.15, 0.2) is 18.3 Å². The first-order chi connectivity index (χ1) is 8.15. The van der Waals surface area contributed by atoms with Gasteiger partial charge < -0.3 is 15.2 Å². The summed E-state index contributed by atoms with van der Waals surface area (Å²) in [6.07, 6.45) is 1.32. The molecule has 0 saturated carbocycles. The van der Waals surface area contributed by atoms with Crippen molar-refractivity contribution < 1.29 is 14.8 Å². The van der Waals surface area contributed by atoms with Crippen LogP contribution in [0, 0.1) is 10.1 Å². The molecule has 0 spiro atoms. The zero-order chi connectivity index (χ0) is 12.7. The number of pyridine rings is 1. The Morgan fingerprint density at radius 1 is 1.71 bits per heavy atom. The molecule has 7 heteroatoms. The summed E-state index contributed by atoms with van der Waals surface area (Å²) in [6.45, 7) is 0.633. The summed E-state index contributed by atoms with van der Waals surface area (Å²) in [5.41, 5.74) is -0.0752. The fraction of sp³-hybridized carbons (Fsp3) is 0.500. The van der Waals surface area contributed by atoms with Crippen molar-refractivity contribution in [2.45, 2.75) is 12.5 Å². The fourth-order valence-electron chi connectivity index (χ4n) is 1.31. The summed E-state index contributed by atoms with van der Waals surface area (Å²) in [6, 6.07) is 2.88. The van der Waals surface area contributed by atoms with Crippen molar-refractivity contribution in [2.75, 3.05) is 25.6 Å². The van der Waals surface area contributed by atoms with Gasteiger partial charge in [-0.15, -0.1) is 0 Å². The van der Waals surface area contributed by atoms with E-state index in [9.17, 15) is 15.2 Å². The molecule has 0 aliphatic heterocycles. The minimum atomic E-state index is -0.588. The summed E-state index contributed by atoms with van der Waals surface area (Å²) in [4.78, 5) is 14.1. The van der Waals surface area contributed by atoms with Gasteiger partial charge in [-0.2, -0.15) is 0 Å². The van der Waals surface area contributed by atoms with Gasteiger partial charge in [-0.1, -0.05) is 0 Å². The fourth-order valence-corrected chi connectivity index (χ4v) is 1.31. The number of nitrogens with zero attached hydrogens (tertiary/aromatic N) is 2. The highest BCUT2D eigenvalue weighted by atomic mass is 16.6. The Bertz CT molecular complexity index is 372. The Morgan fingerprint density at radius 2 is 2.47 bits per heavy atom. The van der Waals surface area contributed by atoms with Crippen molar-refractivity contribution in [3.63, 3.8) is 0 Å². The molecule has 2 N–H and O–H groups in total. The Labute approximate surface area is 98.6 Å². The molecule has 94 valence electrons. The van der Waals surface area contributed by atoms with Gasteiger partial charge in [-0.3, -0.25) is 10.1 Å². The van der Waals surface area contributed by atoms with Gasteiger partial charge in [0.25, 0.3) is 0 Å². The SMILES string of the molecule is COCC(O)CCNc1ncccc1[N+](=O)[O-]. The van der Waals surface area contributed by atoms with E-state index in [1.165, 1.54) is 25.4 Å². The smallest absolute Gasteiger partial charge is 0.311 e. The van der Waals surface area contributed by atoms with E-state index < -0.39 is 11.0 Å². The van der Waals surface area contributed by atoms with Crippen LogP contribution in [0.2, 0.25) is 0 Å². The summed E-state index contributed by atoms with van der Waals surface area (Å²) in [5, 5.41) is 22.9. The van der Waals surface area contributed by atoms with E-state index in [0.29, 0.717) is 13.0 Å². The van der Waals surface area contributed by atoms with Gasteiger partial charge >= 0.3 is 5.69 Å². The molecule has 1 rings (SSSR count). The minimum absolute atomic E-state index is 0.0752. The van der Waals surface area contributed by atoms with Gasteiger partial charge in [0.2, 0.25) is 5.82 Å². The molecule has 17 heavy (non-hydrogen) atoms. The highest BCUT2D eigenvalue weighted by Gasteiger charge is 2.13. The van der Waals surface area contributed by atoms with Crippen LogP contribution in [0.3, 0.4) is 0 Å². The Hall–Kier alpha value is -1.73. The van der Waals surface area contributed by atoms with Crippen LogP contribution in [0.1, 0.15) is 6.42 Å². The zero-order valence-corrected chi connectivity index (χ0v) is 9.50. The Morgan fingerprint density at radius 3 is 3.12 bits per heavy atom. The molecule has 1 atom stereocenters. The van der Waals surface area contributed by atoms with Crippen LogP contribution in [0.5, 0.6) is 0 Å². The summed E-state index contributed by atoms with van der Waals surface area (Å²) >= 11 is 0. The normalized spacial score (nSPS) is 12.1. The second kappa shape index (κ2) is 6.77.